The number of benzene rings is 2. The number of aromatic nitrogens is 1. The second-order valence-corrected chi connectivity index (χ2v) is 11.9. The van der Waals surface area contributed by atoms with Crippen LogP contribution in [0.5, 0.6) is 0 Å². The summed E-state index contributed by atoms with van der Waals surface area (Å²) >= 11 is 0. The average molecular weight is 522 g/mol. The van der Waals surface area contributed by atoms with Crippen molar-refractivity contribution < 1.29 is 22.4 Å². The summed E-state index contributed by atoms with van der Waals surface area (Å²) in [5, 5.41) is 2.74. The van der Waals surface area contributed by atoms with E-state index in [0.29, 0.717) is 17.0 Å². The largest absolute Gasteiger partial charge is 0.341 e. The van der Waals surface area contributed by atoms with E-state index in [0.717, 1.165) is 37.1 Å². The summed E-state index contributed by atoms with van der Waals surface area (Å²) in [6, 6.07) is 15.6. The van der Waals surface area contributed by atoms with E-state index >= 15 is 0 Å². The van der Waals surface area contributed by atoms with Crippen LogP contribution in [0.25, 0.3) is 0 Å². The number of ketones is 1. The fraction of sp³-hybridized carbons (Fsp3) is 0.321. The van der Waals surface area contributed by atoms with Crippen LogP contribution in [0.4, 0.5) is 4.39 Å². The number of nitrogens with zero attached hydrogens (tertiary/aromatic N) is 1. The first-order valence-electron chi connectivity index (χ1n) is 12.3. The van der Waals surface area contributed by atoms with Gasteiger partial charge in [-0.15, -0.1) is 0 Å². The minimum Gasteiger partial charge on any atom is -0.341 e. The molecular weight excluding hydrogens is 493 g/mol. The summed E-state index contributed by atoms with van der Waals surface area (Å²) in [4.78, 5) is 30.1. The Balaban J connectivity index is 1.32. The number of rotatable bonds is 10. The molecule has 0 unspecified atom stereocenters. The highest BCUT2D eigenvalue weighted by atomic mass is 32.2. The van der Waals surface area contributed by atoms with Gasteiger partial charge in [0.1, 0.15) is 11.5 Å². The molecule has 2 bridgehead atoms. The van der Waals surface area contributed by atoms with Crippen molar-refractivity contribution >= 4 is 21.7 Å². The Labute approximate surface area is 215 Å². The topological polar surface area (TPSA) is 105 Å². The van der Waals surface area contributed by atoms with Gasteiger partial charge >= 0.3 is 0 Å². The van der Waals surface area contributed by atoms with Gasteiger partial charge in [0.25, 0.3) is 5.91 Å². The van der Waals surface area contributed by atoms with E-state index in [1.54, 1.807) is 19.1 Å². The van der Waals surface area contributed by atoms with Gasteiger partial charge in [-0.1, -0.05) is 36.4 Å². The standard InChI is InChI=1S/C28H28FN3O4S/c1-18-11-23(37(35,36)32-28-14-20(15-28)16-28)9-7-21(18)13-26(33)25(12-19-5-3-2-4-6-19)31-27(34)24-10-8-22(29)17-30-24/h2-11,17,20,25,32H,12-16H2,1H3,(H,31,34)/t20?,25-,28?/m0/s1. The Bertz CT molecular complexity index is 1420. The van der Waals surface area contributed by atoms with Crippen molar-refractivity contribution in [3.8, 4) is 0 Å². The zero-order chi connectivity index (χ0) is 26.2. The number of hydrogen-bond acceptors (Lipinski definition) is 5. The molecule has 3 fully saturated rings. The molecule has 37 heavy (non-hydrogen) atoms. The minimum atomic E-state index is -3.64. The molecule has 9 heteroatoms. The third-order valence-corrected chi connectivity index (χ3v) is 8.89. The third-order valence-electron chi connectivity index (χ3n) is 7.31. The zero-order valence-electron chi connectivity index (χ0n) is 20.4. The lowest BCUT2D eigenvalue weighted by Crippen LogP contribution is -2.67. The van der Waals surface area contributed by atoms with E-state index in [-0.39, 0.29) is 34.8 Å². The predicted molar refractivity (Wildman–Crippen MR) is 136 cm³/mol. The molecule has 1 atom stereocenters. The highest BCUT2D eigenvalue weighted by Gasteiger charge is 2.58. The van der Waals surface area contributed by atoms with Gasteiger partial charge < -0.3 is 5.32 Å². The van der Waals surface area contributed by atoms with Gasteiger partial charge in [-0.05, 0) is 79.5 Å². The van der Waals surface area contributed by atoms with Crippen LogP contribution >= 0.6 is 0 Å². The van der Waals surface area contributed by atoms with Crippen molar-refractivity contribution in [3.63, 3.8) is 0 Å². The molecule has 0 aliphatic heterocycles. The normalized spacial score (nSPS) is 20.9. The van der Waals surface area contributed by atoms with Gasteiger partial charge in [0.15, 0.2) is 5.78 Å². The number of Topliss-reactive ketones (excluding diaryl/α,β-unsaturated/α-hetero) is 1. The van der Waals surface area contributed by atoms with Gasteiger partial charge in [0, 0.05) is 12.0 Å². The fourth-order valence-electron chi connectivity index (χ4n) is 5.13. The predicted octanol–water partition coefficient (Wildman–Crippen LogP) is 3.51. The molecule has 3 saturated carbocycles. The third kappa shape index (κ3) is 5.47. The molecule has 2 aromatic carbocycles. The van der Waals surface area contributed by atoms with Gasteiger partial charge in [-0.3, -0.25) is 9.59 Å². The highest BCUT2D eigenvalue weighted by molar-refractivity contribution is 7.89. The number of amides is 1. The molecule has 1 heterocycles. The summed E-state index contributed by atoms with van der Waals surface area (Å²) in [6.07, 6.45) is 3.94. The number of carbonyl (C=O) groups is 2. The lowest BCUT2D eigenvalue weighted by Gasteiger charge is -2.61. The SMILES string of the molecule is Cc1cc(S(=O)(=O)NC23CC(C2)C3)ccc1CC(=O)[C@H](Cc1ccccc1)NC(=O)c1ccc(F)cn1. The molecule has 0 saturated heterocycles. The Morgan fingerprint density at radius 1 is 1.08 bits per heavy atom. The molecule has 1 aromatic heterocycles. The van der Waals surface area contributed by atoms with Crippen molar-refractivity contribution in [1.29, 1.82) is 0 Å². The summed E-state index contributed by atoms with van der Waals surface area (Å²) in [7, 11) is -3.64. The van der Waals surface area contributed by atoms with Crippen molar-refractivity contribution in [1.82, 2.24) is 15.0 Å². The molecule has 0 radical (unpaired) electrons. The summed E-state index contributed by atoms with van der Waals surface area (Å²) in [5.74, 6) is -0.716. The molecule has 3 aliphatic rings. The monoisotopic (exact) mass is 521 g/mol. The van der Waals surface area contributed by atoms with Crippen molar-refractivity contribution in [3.05, 3.63) is 95.1 Å². The van der Waals surface area contributed by atoms with Gasteiger partial charge in [0.2, 0.25) is 10.0 Å². The molecule has 0 spiro atoms. The molecular formula is C28H28FN3O4S. The number of pyridine rings is 1. The molecule has 3 aromatic rings. The second kappa shape index (κ2) is 9.79. The van der Waals surface area contributed by atoms with Crippen LogP contribution in [-0.2, 0) is 27.7 Å². The summed E-state index contributed by atoms with van der Waals surface area (Å²) in [6.45, 7) is 1.77. The van der Waals surface area contributed by atoms with E-state index < -0.39 is 27.8 Å². The van der Waals surface area contributed by atoms with Crippen LogP contribution in [0.15, 0.2) is 71.8 Å². The maximum Gasteiger partial charge on any atom is 0.270 e. The second-order valence-electron chi connectivity index (χ2n) is 10.2. The van der Waals surface area contributed by atoms with Crippen molar-refractivity contribution in [2.45, 2.75) is 55.5 Å². The van der Waals surface area contributed by atoms with Crippen LogP contribution < -0.4 is 10.0 Å². The number of aryl methyl sites for hydroxylation is 1. The Morgan fingerprint density at radius 2 is 1.81 bits per heavy atom. The molecule has 2 N–H and O–H groups in total. The van der Waals surface area contributed by atoms with Gasteiger partial charge in [-0.25, -0.2) is 22.5 Å². The lowest BCUT2D eigenvalue weighted by molar-refractivity contribution is -0.120. The number of nitrogens with one attached hydrogen (secondary N) is 2. The van der Waals surface area contributed by atoms with Crippen LogP contribution in [0.2, 0.25) is 0 Å². The Hall–Kier alpha value is -3.43. The maximum absolute atomic E-state index is 13.4. The van der Waals surface area contributed by atoms with Crippen molar-refractivity contribution in [2.75, 3.05) is 0 Å². The minimum absolute atomic E-state index is 0.00853. The number of carbonyl (C=O) groups excluding carboxylic acids is 2. The molecule has 192 valence electrons. The highest BCUT2D eigenvalue weighted by Crippen LogP contribution is 2.57. The summed E-state index contributed by atoms with van der Waals surface area (Å²) < 4.78 is 41.8. The van der Waals surface area contributed by atoms with Gasteiger partial charge in [0.05, 0.1) is 17.1 Å². The number of halogens is 1. The average Bonchev–Trinajstić information content (AvgIpc) is 2.82. The fourth-order valence-corrected chi connectivity index (χ4v) is 6.65. The van der Waals surface area contributed by atoms with Crippen LogP contribution in [0, 0.1) is 18.7 Å². The first-order chi connectivity index (χ1) is 17.6. The Morgan fingerprint density at radius 3 is 2.41 bits per heavy atom. The van der Waals surface area contributed by atoms with Gasteiger partial charge in [-0.2, -0.15) is 0 Å². The number of sulfonamides is 1. The smallest absolute Gasteiger partial charge is 0.270 e. The van der Waals surface area contributed by atoms with Crippen LogP contribution in [0.3, 0.4) is 0 Å². The quantitative estimate of drug-likeness (QED) is 0.425. The van der Waals surface area contributed by atoms with Crippen LogP contribution in [-0.4, -0.2) is 36.7 Å². The first kappa shape index (κ1) is 25.2. The van der Waals surface area contributed by atoms with E-state index in [1.807, 2.05) is 30.3 Å². The lowest BCUT2D eigenvalue weighted by atomic mass is 9.50. The first-order valence-corrected chi connectivity index (χ1v) is 13.7. The van der Waals surface area contributed by atoms with Crippen LogP contribution in [0.1, 0.15) is 46.4 Å². The summed E-state index contributed by atoms with van der Waals surface area (Å²) in [5.41, 5.74) is 1.97. The molecule has 7 nitrogen and oxygen atoms in total. The molecule has 1 amide bonds. The van der Waals surface area contributed by atoms with E-state index in [4.69, 9.17) is 0 Å². The van der Waals surface area contributed by atoms with E-state index in [9.17, 15) is 22.4 Å². The Kier molecular flexibility index (Phi) is 6.68. The van der Waals surface area contributed by atoms with E-state index in [2.05, 4.69) is 15.0 Å². The zero-order valence-corrected chi connectivity index (χ0v) is 21.2. The van der Waals surface area contributed by atoms with Crippen molar-refractivity contribution in [2.24, 2.45) is 5.92 Å². The maximum atomic E-state index is 13.4. The number of hydrogen-bond donors (Lipinski definition) is 2. The van der Waals surface area contributed by atoms with E-state index in [1.165, 1.54) is 12.1 Å². The molecule has 3 aliphatic carbocycles. The molecule has 6 rings (SSSR count).